The topological polar surface area (TPSA) is 96.9 Å². The van der Waals surface area contributed by atoms with Crippen LogP contribution in [0.15, 0.2) is 34.2 Å². The van der Waals surface area contributed by atoms with Gasteiger partial charge in [-0.3, -0.25) is 4.57 Å². The molecule has 0 spiro atoms. The molecule has 7 heteroatoms. The molecule has 4 N–H and O–H groups in total. The van der Waals surface area contributed by atoms with E-state index in [1.807, 2.05) is 13.8 Å². The first-order valence-electron chi connectivity index (χ1n) is 6.32. The number of nitrogens with two attached hydrogens (primary N) is 1. The first-order chi connectivity index (χ1) is 9.49. The Morgan fingerprint density at radius 2 is 2.05 bits per heavy atom. The molecule has 6 nitrogen and oxygen atoms in total. The third-order valence-electron chi connectivity index (χ3n) is 2.88. The maximum absolute atomic E-state index is 11.6. The van der Waals surface area contributed by atoms with Crippen molar-refractivity contribution in [2.24, 2.45) is 0 Å². The van der Waals surface area contributed by atoms with E-state index in [0.717, 1.165) is 5.56 Å². The van der Waals surface area contributed by atoms with Crippen LogP contribution < -0.4 is 11.4 Å². The van der Waals surface area contributed by atoms with E-state index in [2.05, 4.69) is 10.2 Å². The lowest BCUT2D eigenvalue weighted by Gasteiger charge is -2.12. The van der Waals surface area contributed by atoms with E-state index in [4.69, 9.17) is 5.73 Å². The molecule has 0 amide bonds. The van der Waals surface area contributed by atoms with Crippen LogP contribution in [-0.4, -0.2) is 25.6 Å². The van der Waals surface area contributed by atoms with Crippen LogP contribution in [0.3, 0.4) is 0 Å². The highest BCUT2D eigenvalue weighted by Gasteiger charge is 2.14. The Balaban J connectivity index is 2.05. The van der Waals surface area contributed by atoms with Crippen molar-refractivity contribution in [3.63, 3.8) is 0 Å². The molecule has 0 radical (unpaired) electrons. The first kappa shape index (κ1) is 14.7. The van der Waals surface area contributed by atoms with Gasteiger partial charge in [0.15, 0.2) is 5.16 Å². The molecule has 0 saturated heterocycles. The van der Waals surface area contributed by atoms with E-state index in [1.165, 1.54) is 11.8 Å². The summed E-state index contributed by atoms with van der Waals surface area (Å²) in [5.41, 5.74) is 6.83. The van der Waals surface area contributed by atoms with Crippen molar-refractivity contribution in [3.05, 3.63) is 40.3 Å². The second-order valence-corrected chi connectivity index (χ2v) is 5.76. The summed E-state index contributed by atoms with van der Waals surface area (Å²) in [5, 5.41) is 17.1. The van der Waals surface area contributed by atoms with Gasteiger partial charge in [0, 0.05) is 17.5 Å². The fourth-order valence-electron chi connectivity index (χ4n) is 1.82. The standard InChI is InChI=1S/C13H18N4O2S/c1-8(2)17-12(19)15-16-13(17)20-7-11(18)9-3-5-10(14)6-4-9/h3-6,8,11,18H,7,14H2,1-2H3,(H,15,19). The SMILES string of the molecule is CC(C)n1c(SCC(O)c2ccc(N)cc2)n[nH]c1=O. The lowest BCUT2D eigenvalue weighted by Crippen LogP contribution is -2.19. The molecule has 2 rings (SSSR count). The molecule has 0 aliphatic heterocycles. The zero-order valence-corrected chi connectivity index (χ0v) is 12.2. The summed E-state index contributed by atoms with van der Waals surface area (Å²) in [7, 11) is 0. The average molecular weight is 294 g/mol. The van der Waals surface area contributed by atoms with Gasteiger partial charge in [0.25, 0.3) is 0 Å². The normalized spacial score (nSPS) is 12.8. The third kappa shape index (κ3) is 3.23. The number of hydrogen-bond donors (Lipinski definition) is 3. The fraction of sp³-hybridized carbons (Fsp3) is 0.385. The molecule has 0 saturated carbocycles. The van der Waals surface area contributed by atoms with Crippen LogP contribution in [0.4, 0.5) is 5.69 Å². The smallest absolute Gasteiger partial charge is 0.344 e. The summed E-state index contributed by atoms with van der Waals surface area (Å²) in [6, 6.07) is 7.11. The van der Waals surface area contributed by atoms with Crippen LogP contribution in [0.2, 0.25) is 0 Å². The fourth-order valence-corrected chi connectivity index (χ4v) is 2.86. The Labute approximate surface area is 121 Å². The van der Waals surface area contributed by atoms with Crippen molar-refractivity contribution < 1.29 is 5.11 Å². The van der Waals surface area contributed by atoms with E-state index < -0.39 is 6.10 Å². The minimum absolute atomic E-state index is 0.0254. The van der Waals surface area contributed by atoms with Crippen LogP contribution >= 0.6 is 11.8 Å². The van der Waals surface area contributed by atoms with E-state index in [-0.39, 0.29) is 11.7 Å². The molecule has 2 aromatic rings. The first-order valence-corrected chi connectivity index (χ1v) is 7.31. The third-order valence-corrected chi connectivity index (χ3v) is 3.91. The number of aromatic nitrogens is 3. The van der Waals surface area contributed by atoms with Gasteiger partial charge < -0.3 is 10.8 Å². The Bertz CT molecular complexity index is 618. The highest BCUT2D eigenvalue weighted by Crippen LogP contribution is 2.24. The van der Waals surface area contributed by atoms with Crippen molar-refractivity contribution in [1.29, 1.82) is 0 Å². The van der Waals surface area contributed by atoms with Gasteiger partial charge in [0.2, 0.25) is 0 Å². The number of hydrogen-bond acceptors (Lipinski definition) is 5. The highest BCUT2D eigenvalue weighted by molar-refractivity contribution is 7.99. The molecular formula is C13H18N4O2S. The van der Waals surface area contributed by atoms with E-state index in [1.54, 1.807) is 28.8 Å². The van der Waals surface area contributed by atoms with Crippen molar-refractivity contribution >= 4 is 17.4 Å². The van der Waals surface area contributed by atoms with Gasteiger partial charge >= 0.3 is 5.69 Å². The molecule has 1 aromatic heterocycles. The van der Waals surface area contributed by atoms with Crippen LogP contribution in [0.5, 0.6) is 0 Å². The van der Waals surface area contributed by atoms with Gasteiger partial charge in [-0.05, 0) is 31.5 Å². The van der Waals surface area contributed by atoms with Gasteiger partial charge in [-0.1, -0.05) is 23.9 Å². The van der Waals surface area contributed by atoms with Crippen molar-refractivity contribution in [3.8, 4) is 0 Å². The van der Waals surface area contributed by atoms with Gasteiger partial charge in [0.1, 0.15) is 0 Å². The van der Waals surface area contributed by atoms with Crippen LogP contribution in [-0.2, 0) is 0 Å². The molecular weight excluding hydrogens is 276 g/mol. The summed E-state index contributed by atoms with van der Waals surface area (Å²) in [6.07, 6.45) is -0.631. The van der Waals surface area contributed by atoms with E-state index in [0.29, 0.717) is 16.6 Å². The number of aromatic amines is 1. The molecule has 1 aromatic carbocycles. The molecule has 108 valence electrons. The van der Waals surface area contributed by atoms with Crippen molar-refractivity contribution in [2.75, 3.05) is 11.5 Å². The number of aliphatic hydroxyl groups is 1. The number of benzene rings is 1. The molecule has 0 fully saturated rings. The predicted octanol–water partition coefficient (Wildman–Crippen LogP) is 1.56. The summed E-state index contributed by atoms with van der Waals surface area (Å²) in [5.74, 6) is 0.418. The summed E-state index contributed by atoms with van der Waals surface area (Å²) in [6.45, 7) is 3.83. The lowest BCUT2D eigenvalue weighted by atomic mass is 10.1. The minimum atomic E-state index is -0.631. The zero-order valence-electron chi connectivity index (χ0n) is 11.4. The molecule has 1 atom stereocenters. The minimum Gasteiger partial charge on any atom is -0.399 e. The second kappa shape index (κ2) is 6.15. The average Bonchev–Trinajstić information content (AvgIpc) is 2.78. The molecule has 0 aliphatic carbocycles. The van der Waals surface area contributed by atoms with E-state index >= 15 is 0 Å². The van der Waals surface area contributed by atoms with E-state index in [9.17, 15) is 9.90 Å². The number of nitrogen functional groups attached to an aromatic ring is 1. The van der Waals surface area contributed by atoms with Gasteiger partial charge in [-0.2, -0.15) is 0 Å². The number of anilines is 1. The molecule has 1 unspecified atom stereocenters. The van der Waals surface area contributed by atoms with Crippen molar-refractivity contribution in [2.45, 2.75) is 31.1 Å². The molecule has 0 aliphatic rings. The maximum atomic E-state index is 11.6. The Hall–Kier alpha value is -1.73. The molecule has 1 heterocycles. The quantitative estimate of drug-likeness (QED) is 0.574. The zero-order chi connectivity index (χ0) is 14.7. The number of thioether (sulfide) groups is 1. The van der Waals surface area contributed by atoms with Crippen molar-refractivity contribution in [1.82, 2.24) is 14.8 Å². The summed E-state index contributed by atoms with van der Waals surface area (Å²) in [4.78, 5) is 11.6. The van der Waals surface area contributed by atoms with Crippen LogP contribution in [0.25, 0.3) is 0 Å². The molecule has 20 heavy (non-hydrogen) atoms. The Kier molecular flexibility index (Phi) is 4.51. The lowest BCUT2D eigenvalue weighted by molar-refractivity contribution is 0.204. The number of nitrogens with one attached hydrogen (secondary N) is 1. The monoisotopic (exact) mass is 294 g/mol. The largest absolute Gasteiger partial charge is 0.399 e. The summed E-state index contributed by atoms with van der Waals surface area (Å²) >= 11 is 1.34. The molecule has 0 bridgehead atoms. The van der Waals surface area contributed by atoms with Crippen LogP contribution in [0.1, 0.15) is 31.6 Å². The Morgan fingerprint density at radius 1 is 1.40 bits per heavy atom. The highest BCUT2D eigenvalue weighted by atomic mass is 32.2. The number of rotatable bonds is 5. The van der Waals surface area contributed by atoms with Crippen LogP contribution in [0, 0.1) is 0 Å². The van der Waals surface area contributed by atoms with Gasteiger partial charge in [-0.15, -0.1) is 5.10 Å². The number of H-pyrrole nitrogens is 1. The van der Waals surface area contributed by atoms with Gasteiger partial charge in [0.05, 0.1) is 6.10 Å². The number of aliphatic hydroxyl groups excluding tert-OH is 1. The number of nitrogens with zero attached hydrogens (tertiary/aromatic N) is 2. The second-order valence-electron chi connectivity index (χ2n) is 4.77. The summed E-state index contributed by atoms with van der Waals surface area (Å²) < 4.78 is 1.57. The predicted molar refractivity (Wildman–Crippen MR) is 79.8 cm³/mol. The maximum Gasteiger partial charge on any atom is 0.344 e. The van der Waals surface area contributed by atoms with Gasteiger partial charge in [-0.25, -0.2) is 9.89 Å². The Morgan fingerprint density at radius 3 is 2.65 bits per heavy atom.